The van der Waals surface area contributed by atoms with Gasteiger partial charge in [0.25, 0.3) is 0 Å². The lowest BCUT2D eigenvalue weighted by Gasteiger charge is -2.04. The van der Waals surface area contributed by atoms with Crippen LogP contribution in [0.3, 0.4) is 0 Å². The Labute approximate surface area is 61.8 Å². The predicted molar refractivity (Wildman–Crippen MR) is 42.0 cm³/mol. The van der Waals surface area contributed by atoms with E-state index >= 15 is 0 Å². The van der Waals surface area contributed by atoms with Crippen LogP contribution in [0.25, 0.3) is 0 Å². The third kappa shape index (κ3) is 0.988. The van der Waals surface area contributed by atoms with Gasteiger partial charge in [0.15, 0.2) is 0 Å². The molecule has 0 fully saturated rings. The van der Waals surface area contributed by atoms with E-state index in [1.54, 1.807) is 6.92 Å². The van der Waals surface area contributed by atoms with Gasteiger partial charge in [0, 0.05) is 5.59 Å². The fraction of sp³-hybridized carbons (Fsp3) is 0.200. The molecule has 0 amide bonds. The van der Waals surface area contributed by atoms with Gasteiger partial charge in [-0.1, -0.05) is 0 Å². The van der Waals surface area contributed by atoms with Crippen molar-refractivity contribution in [3.05, 3.63) is 5.56 Å². The second kappa shape index (κ2) is 2.33. The second-order valence-electron chi connectivity index (χ2n) is 2.01. The van der Waals surface area contributed by atoms with Crippen molar-refractivity contribution in [2.24, 2.45) is 0 Å². The molecule has 2 N–H and O–H groups in total. The van der Waals surface area contributed by atoms with Gasteiger partial charge in [-0.25, -0.2) is 0 Å². The van der Waals surface area contributed by atoms with Crippen LogP contribution in [0.1, 0.15) is 5.56 Å². The van der Waals surface area contributed by atoms with Crippen molar-refractivity contribution >= 4 is 32.6 Å². The van der Waals surface area contributed by atoms with Crippen molar-refractivity contribution in [3.8, 4) is 0 Å². The normalized spacial score (nSPS) is 9.70. The van der Waals surface area contributed by atoms with E-state index in [1.807, 2.05) is 0 Å². The van der Waals surface area contributed by atoms with Gasteiger partial charge >= 0.3 is 0 Å². The Hall–Kier alpha value is -0.990. The molecule has 0 aromatic carbocycles. The van der Waals surface area contributed by atoms with Crippen molar-refractivity contribution in [3.63, 3.8) is 0 Å². The van der Waals surface area contributed by atoms with Crippen LogP contribution < -0.4 is 16.8 Å². The standard InChI is InChI=1S/C5H5B2N3/c1-2-3(6)5(8)10-9-4(2)7/h1H3,(H2,8,10). The summed E-state index contributed by atoms with van der Waals surface area (Å²) in [5.41, 5.74) is 6.76. The summed E-state index contributed by atoms with van der Waals surface area (Å²) >= 11 is 0. The maximum atomic E-state index is 5.48. The van der Waals surface area contributed by atoms with Crippen molar-refractivity contribution < 1.29 is 0 Å². The van der Waals surface area contributed by atoms with Crippen LogP contribution in [-0.4, -0.2) is 25.9 Å². The summed E-state index contributed by atoms with van der Waals surface area (Å²) in [5, 5.41) is 7.08. The van der Waals surface area contributed by atoms with E-state index < -0.39 is 0 Å². The highest BCUT2D eigenvalue weighted by atomic mass is 15.1. The maximum absolute atomic E-state index is 5.48. The Morgan fingerprint density at radius 1 is 1.30 bits per heavy atom. The molecule has 1 aromatic rings. The Morgan fingerprint density at radius 2 is 1.90 bits per heavy atom. The fourth-order valence-corrected chi connectivity index (χ4v) is 0.567. The molecule has 1 aromatic heterocycles. The highest BCUT2D eigenvalue weighted by Gasteiger charge is 2.00. The summed E-state index contributed by atoms with van der Waals surface area (Å²) in [6, 6.07) is 0. The lowest BCUT2D eigenvalue weighted by Crippen LogP contribution is -2.27. The average Bonchev–Trinajstić information content (AvgIpc) is 1.93. The van der Waals surface area contributed by atoms with Crippen LogP contribution >= 0.6 is 0 Å². The zero-order valence-corrected chi connectivity index (χ0v) is 5.63. The van der Waals surface area contributed by atoms with Gasteiger partial charge in [-0.3, -0.25) is 0 Å². The lowest BCUT2D eigenvalue weighted by atomic mass is 9.86. The number of rotatable bonds is 0. The van der Waals surface area contributed by atoms with E-state index in [0.29, 0.717) is 16.6 Å². The number of nitrogens with two attached hydrogens (primary N) is 1. The number of hydrogen-bond acceptors (Lipinski definition) is 3. The van der Waals surface area contributed by atoms with Crippen molar-refractivity contribution in [1.82, 2.24) is 10.2 Å². The van der Waals surface area contributed by atoms with Crippen molar-refractivity contribution in [2.75, 3.05) is 5.73 Å². The van der Waals surface area contributed by atoms with Crippen LogP contribution in [-0.2, 0) is 0 Å². The Balaban J connectivity index is 3.34. The lowest BCUT2D eigenvalue weighted by molar-refractivity contribution is 1.07. The summed E-state index contributed by atoms with van der Waals surface area (Å²) in [5.74, 6) is 0.228. The van der Waals surface area contributed by atoms with Gasteiger partial charge < -0.3 is 5.73 Å². The van der Waals surface area contributed by atoms with Crippen LogP contribution in [0.2, 0.25) is 0 Å². The first-order chi connectivity index (χ1) is 4.63. The quantitative estimate of drug-likeness (QED) is 0.410. The summed E-state index contributed by atoms with van der Waals surface area (Å²) in [6.45, 7) is 1.75. The molecule has 0 saturated heterocycles. The number of nitrogens with zero attached hydrogens (tertiary/aromatic N) is 2. The molecule has 10 heavy (non-hydrogen) atoms. The minimum atomic E-state index is 0.228. The van der Waals surface area contributed by atoms with Gasteiger partial charge in [-0.2, -0.15) is 5.10 Å². The molecular weight excluding hydrogens is 124 g/mol. The summed E-state index contributed by atoms with van der Waals surface area (Å²) < 4.78 is 0. The highest BCUT2D eigenvalue weighted by Crippen LogP contribution is 1.88. The molecule has 0 spiro atoms. The molecule has 0 atom stereocenters. The molecule has 0 unspecified atom stereocenters. The minimum absolute atomic E-state index is 0.228. The molecule has 46 valence electrons. The van der Waals surface area contributed by atoms with E-state index in [0.717, 1.165) is 0 Å². The molecule has 0 saturated carbocycles. The first kappa shape index (κ1) is 7.12. The van der Waals surface area contributed by atoms with E-state index in [4.69, 9.17) is 21.4 Å². The third-order valence-corrected chi connectivity index (χ3v) is 1.33. The van der Waals surface area contributed by atoms with Crippen molar-refractivity contribution in [2.45, 2.75) is 6.92 Å². The molecule has 5 heteroatoms. The molecule has 0 aliphatic heterocycles. The van der Waals surface area contributed by atoms with E-state index in [1.165, 1.54) is 0 Å². The van der Waals surface area contributed by atoms with Gasteiger partial charge in [0.1, 0.15) is 21.5 Å². The summed E-state index contributed by atoms with van der Waals surface area (Å²) in [7, 11) is 10.9. The van der Waals surface area contributed by atoms with Gasteiger partial charge in [-0.05, 0) is 17.9 Å². The third-order valence-electron chi connectivity index (χ3n) is 1.33. The second-order valence-corrected chi connectivity index (χ2v) is 2.01. The molecule has 3 nitrogen and oxygen atoms in total. The highest BCUT2D eigenvalue weighted by molar-refractivity contribution is 6.40. The first-order valence-corrected chi connectivity index (χ1v) is 2.76. The molecule has 1 rings (SSSR count). The Kier molecular flexibility index (Phi) is 1.66. The summed E-state index contributed by atoms with van der Waals surface area (Å²) in [6.07, 6.45) is 0. The average molecular weight is 129 g/mol. The minimum Gasteiger partial charge on any atom is -0.383 e. The van der Waals surface area contributed by atoms with Gasteiger partial charge in [0.05, 0.1) is 0 Å². The smallest absolute Gasteiger partial charge is 0.144 e. The van der Waals surface area contributed by atoms with E-state index in [2.05, 4.69) is 10.2 Å². The SMILES string of the molecule is [B]c1nnc(N)c([B])c1C. The monoisotopic (exact) mass is 129 g/mol. The largest absolute Gasteiger partial charge is 0.383 e. The van der Waals surface area contributed by atoms with Crippen LogP contribution in [0, 0.1) is 6.92 Å². The molecule has 4 radical (unpaired) electrons. The molecule has 1 heterocycles. The molecular formula is C5H5B2N3. The molecule has 0 bridgehead atoms. The van der Waals surface area contributed by atoms with E-state index in [9.17, 15) is 0 Å². The zero-order chi connectivity index (χ0) is 7.72. The van der Waals surface area contributed by atoms with Crippen LogP contribution in [0.5, 0.6) is 0 Å². The fourth-order valence-electron chi connectivity index (χ4n) is 0.567. The molecule has 0 aliphatic rings. The first-order valence-electron chi connectivity index (χ1n) is 2.76. The van der Waals surface area contributed by atoms with Gasteiger partial charge in [-0.15, -0.1) is 5.10 Å². The molecule has 0 aliphatic carbocycles. The number of aromatic nitrogens is 2. The van der Waals surface area contributed by atoms with Crippen LogP contribution in [0.4, 0.5) is 5.82 Å². The Bertz CT molecular complexity index is 234. The van der Waals surface area contributed by atoms with Gasteiger partial charge in [0.2, 0.25) is 0 Å². The van der Waals surface area contributed by atoms with E-state index in [-0.39, 0.29) is 5.82 Å². The number of hydrogen-bond donors (Lipinski definition) is 1. The number of nitrogen functional groups attached to an aromatic ring is 1. The van der Waals surface area contributed by atoms with Crippen LogP contribution in [0.15, 0.2) is 0 Å². The number of anilines is 1. The Morgan fingerprint density at radius 3 is 2.40 bits per heavy atom. The zero-order valence-electron chi connectivity index (χ0n) is 5.63. The maximum Gasteiger partial charge on any atom is 0.144 e. The van der Waals surface area contributed by atoms with Crippen molar-refractivity contribution in [1.29, 1.82) is 0 Å². The summed E-state index contributed by atoms with van der Waals surface area (Å²) in [4.78, 5) is 0. The predicted octanol–water partition coefficient (Wildman–Crippen LogP) is -2.05. The topological polar surface area (TPSA) is 51.8 Å².